The van der Waals surface area contributed by atoms with Gasteiger partial charge in [-0.2, -0.15) is 0 Å². The molecular formula is C27H42O2. The maximum Gasteiger partial charge on any atom is 0.138 e. The van der Waals surface area contributed by atoms with Crippen molar-refractivity contribution in [2.75, 3.05) is 0 Å². The van der Waals surface area contributed by atoms with Gasteiger partial charge in [-0.05, 0) is 103 Å². The molecular weight excluding hydrogens is 356 g/mol. The first-order chi connectivity index (χ1) is 13.6. The zero-order valence-electron chi connectivity index (χ0n) is 19.5. The van der Waals surface area contributed by atoms with E-state index in [-0.39, 0.29) is 5.41 Å². The highest BCUT2D eigenvalue weighted by atomic mass is 16.1. The number of rotatable bonds is 4. The van der Waals surface area contributed by atoms with E-state index in [0.717, 1.165) is 37.4 Å². The Morgan fingerprint density at radius 3 is 2.34 bits per heavy atom. The van der Waals surface area contributed by atoms with Gasteiger partial charge in [-0.15, -0.1) is 0 Å². The number of fused-ring (bicyclic) bond motifs is 2. The first-order valence-corrected chi connectivity index (χ1v) is 12.6. The van der Waals surface area contributed by atoms with E-state index in [4.69, 9.17) is 0 Å². The smallest absolute Gasteiger partial charge is 0.138 e. The van der Waals surface area contributed by atoms with E-state index in [2.05, 4.69) is 34.6 Å². The molecule has 8 atom stereocenters. The average molecular weight is 399 g/mol. The molecule has 0 unspecified atom stereocenters. The lowest BCUT2D eigenvalue weighted by Crippen LogP contribution is -2.57. The van der Waals surface area contributed by atoms with Crippen molar-refractivity contribution in [3.63, 3.8) is 0 Å². The van der Waals surface area contributed by atoms with Crippen LogP contribution in [0, 0.1) is 50.7 Å². The molecule has 2 heteroatoms. The lowest BCUT2D eigenvalue weighted by molar-refractivity contribution is -0.157. The van der Waals surface area contributed by atoms with E-state index >= 15 is 0 Å². The Balaban J connectivity index is 1.47. The van der Waals surface area contributed by atoms with Gasteiger partial charge in [0, 0.05) is 18.3 Å². The third-order valence-electron chi connectivity index (χ3n) is 12.3. The molecule has 0 heterocycles. The number of carbonyl (C=O) groups excluding carboxylic acids is 2. The van der Waals surface area contributed by atoms with Crippen molar-refractivity contribution in [2.45, 2.75) is 105 Å². The molecule has 5 aliphatic rings. The Bertz CT molecular complexity index is 739. The van der Waals surface area contributed by atoms with Gasteiger partial charge in [0.15, 0.2) is 0 Å². The van der Waals surface area contributed by atoms with Crippen LogP contribution in [0.4, 0.5) is 0 Å². The number of aldehydes is 1. The number of Topliss-reactive ketones (excluding diaryl/α,β-unsaturated/α-hetero) is 1. The van der Waals surface area contributed by atoms with Gasteiger partial charge in [-0.3, -0.25) is 4.79 Å². The van der Waals surface area contributed by atoms with E-state index in [1.54, 1.807) is 0 Å². The Morgan fingerprint density at radius 1 is 0.931 bits per heavy atom. The van der Waals surface area contributed by atoms with Crippen LogP contribution in [0.15, 0.2) is 0 Å². The summed E-state index contributed by atoms with van der Waals surface area (Å²) in [5.41, 5.74) is 1.81. The van der Waals surface area contributed by atoms with Gasteiger partial charge in [-0.25, -0.2) is 0 Å². The summed E-state index contributed by atoms with van der Waals surface area (Å²) < 4.78 is 0. The van der Waals surface area contributed by atoms with Crippen LogP contribution in [0.1, 0.15) is 105 Å². The minimum atomic E-state index is -0.101. The molecule has 0 amide bonds. The third kappa shape index (κ3) is 2.20. The molecule has 5 saturated carbocycles. The Morgan fingerprint density at radius 2 is 1.62 bits per heavy atom. The quantitative estimate of drug-likeness (QED) is 0.499. The molecule has 0 radical (unpaired) electrons. The standard InChI is InChI=1S/C27H42O2/c1-18(7-6-16-28)19-10-12-25(5)21-9-8-20-23(2,3)22(29)11-13-26(20)17-27(21,26)15-14-24(19,25)4/h16,18-21H,6-15,17H2,1-5H3/t18-,19-,20+,21+,24-,25+,26-,27+/m1/s1. The molecule has 0 aromatic heterocycles. The molecule has 0 bridgehead atoms. The molecule has 5 aliphatic carbocycles. The van der Waals surface area contributed by atoms with Gasteiger partial charge in [-0.1, -0.05) is 34.6 Å². The molecule has 162 valence electrons. The van der Waals surface area contributed by atoms with Crippen LogP contribution < -0.4 is 0 Å². The maximum atomic E-state index is 12.8. The van der Waals surface area contributed by atoms with Gasteiger partial charge >= 0.3 is 0 Å². The van der Waals surface area contributed by atoms with Gasteiger partial charge in [0.2, 0.25) is 0 Å². The molecule has 0 aromatic rings. The largest absolute Gasteiger partial charge is 0.303 e. The predicted octanol–water partition coefficient (Wildman–Crippen LogP) is 6.61. The van der Waals surface area contributed by atoms with Gasteiger partial charge in [0.1, 0.15) is 12.1 Å². The van der Waals surface area contributed by atoms with Crippen molar-refractivity contribution < 1.29 is 9.59 Å². The van der Waals surface area contributed by atoms with Crippen molar-refractivity contribution in [1.29, 1.82) is 0 Å². The second-order valence-corrected chi connectivity index (χ2v) is 13.0. The number of hydrogen-bond acceptors (Lipinski definition) is 2. The average Bonchev–Trinajstić information content (AvgIpc) is 3.26. The molecule has 5 rings (SSSR count). The van der Waals surface area contributed by atoms with E-state index in [0.29, 0.717) is 39.3 Å². The summed E-state index contributed by atoms with van der Waals surface area (Å²) in [4.78, 5) is 23.7. The van der Waals surface area contributed by atoms with Crippen molar-refractivity contribution in [1.82, 2.24) is 0 Å². The molecule has 2 nitrogen and oxygen atoms in total. The monoisotopic (exact) mass is 398 g/mol. The minimum Gasteiger partial charge on any atom is -0.303 e. The van der Waals surface area contributed by atoms with Crippen LogP contribution in [0.5, 0.6) is 0 Å². The summed E-state index contributed by atoms with van der Waals surface area (Å²) in [7, 11) is 0. The Labute approximate surface area is 178 Å². The normalized spacial score (nSPS) is 53.3. The fourth-order valence-corrected chi connectivity index (χ4v) is 10.7. The lowest BCUT2D eigenvalue weighted by atomic mass is 9.42. The summed E-state index contributed by atoms with van der Waals surface area (Å²) in [5.74, 6) is 3.46. The molecule has 5 fully saturated rings. The van der Waals surface area contributed by atoms with Crippen LogP contribution in [0.2, 0.25) is 0 Å². The summed E-state index contributed by atoms with van der Waals surface area (Å²) in [6, 6.07) is 0. The van der Waals surface area contributed by atoms with Gasteiger partial charge in [0.25, 0.3) is 0 Å². The number of carbonyl (C=O) groups is 2. The van der Waals surface area contributed by atoms with Crippen LogP contribution in [-0.2, 0) is 9.59 Å². The van der Waals surface area contributed by atoms with Crippen LogP contribution in [0.3, 0.4) is 0 Å². The molecule has 0 saturated heterocycles. The molecule has 0 N–H and O–H groups in total. The lowest BCUT2D eigenvalue weighted by Gasteiger charge is -2.62. The summed E-state index contributed by atoms with van der Waals surface area (Å²) >= 11 is 0. The van der Waals surface area contributed by atoms with E-state index in [1.807, 2.05) is 0 Å². The van der Waals surface area contributed by atoms with Crippen molar-refractivity contribution >= 4 is 12.1 Å². The SMILES string of the molecule is C[C@H](CCC=O)[C@H]1CC[C@@]2(C)[C@@H]3CC[C@H]4C(C)(C)C(=O)CC[C@@]45C[C@@]35CC[C@]12C. The van der Waals surface area contributed by atoms with Crippen molar-refractivity contribution in [3.05, 3.63) is 0 Å². The first-order valence-electron chi connectivity index (χ1n) is 12.6. The molecule has 0 aromatic carbocycles. The highest BCUT2D eigenvalue weighted by Crippen LogP contribution is 2.88. The molecule has 2 spiro atoms. The van der Waals surface area contributed by atoms with Crippen LogP contribution in [-0.4, -0.2) is 12.1 Å². The van der Waals surface area contributed by atoms with Gasteiger partial charge in [0.05, 0.1) is 0 Å². The maximum absolute atomic E-state index is 12.8. The second kappa shape index (κ2) is 5.98. The predicted molar refractivity (Wildman–Crippen MR) is 116 cm³/mol. The molecule has 0 aliphatic heterocycles. The van der Waals surface area contributed by atoms with Crippen LogP contribution >= 0.6 is 0 Å². The molecule has 29 heavy (non-hydrogen) atoms. The fourth-order valence-electron chi connectivity index (χ4n) is 10.7. The van der Waals surface area contributed by atoms with E-state index in [1.165, 1.54) is 51.4 Å². The third-order valence-corrected chi connectivity index (χ3v) is 12.3. The second-order valence-electron chi connectivity index (χ2n) is 13.0. The Kier molecular flexibility index (Phi) is 4.17. The summed E-state index contributed by atoms with van der Waals surface area (Å²) in [5, 5.41) is 0. The number of ketones is 1. The minimum absolute atomic E-state index is 0.101. The first kappa shape index (κ1) is 20.3. The van der Waals surface area contributed by atoms with Crippen molar-refractivity contribution in [3.8, 4) is 0 Å². The fraction of sp³-hybridized carbons (Fsp3) is 0.926. The highest BCUT2D eigenvalue weighted by molar-refractivity contribution is 5.86. The topological polar surface area (TPSA) is 34.1 Å². The van der Waals surface area contributed by atoms with Crippen molar-refractivity contribution in [2.24, 2.45) is 50.7 Å². The zero-order chi connectivity index (χ0) is 20.9. The zero-order valence-corrected chi connectivity index (χ0v) is 19.5. The van der Waals surface area contributed by atoms with E-state index < -0.39 is 0 Å². The van der Waals surface area contributed by atoms with Crippen LogP contribution in [0.25, 0.3) is 0 Å². The highest BCUT2D eigenvalue weighted by Gasteiger charge is 2.82. The number of hydrogen-bond donors (Lipinski definition) is 0. The van der Waals surface area contributed by atoms with E-state index in [9.17, 15) is 9.59 Å². The summed E-state index contributed by atoms with van der Waals surface area (Å²) in [6.45, 7) is 12.2. The van der Waals surface area contributed by atoms with Gasteiger partial charge < -0.3 is 4.79 Å². The summed E-state index contributed by atoms with van der Waals surface area (Å²) in [6.07, 6.45) is 14.5. The Hall–Kier alpha value is -0.660.